The van der Waals surface area contributed by atoms with Gasteiger partial charge in [-0.3, -0.25) is 28.9 Å². The predicted molar refractivity (Wildman–Crippen MR) is 112 cm³/mol. The summed E-state index contributed by atoms with van der Waals surface area (Å²) in [5.41, 5.74) is 0.199. The minimum Gasteiger partial charge on any atom is -0.480 e. The number of hydrogen-bond donors (Lipinski definition) is 3. The van der Waals surface area contributed by atoms with E-state index in [1.54, 1.807) is 0 Å². The van der Waals surface area contributed by atoms with E-state index >= 15 is 0 Å². The number of morpholine rings is 1. The summed E-state index contributed by atoms with van der Waals surface area (Å²) in [7, 11) is -3.63. The van der Waals surface area contributed by atoms with E-state index in [0.29, 0.717) is 31.1 Å². The number of ether oxygens (including phenoxy) is 1. The van der Waals surface area contributed by atoms with E-state index < -0.39 is 46.5 Å². The van der Waals surface area contributed by atoms with Crippen molar-refractivity contribution in [2.24, 2.45) is 0 Å². The van der Waals surface area contributed by atoms with Gasteiger partial charge in [0.1, 0.15) is 6.54 Å². The average Bonchev–Trinajstić information content (AvgIpc) is 2.98. The van der Waals surface area contributed by atoms with Crippen LogP contribution in [0, 0.1) is 0 Å². The molecular formula is C19H22F3N3O9S. The molecule has 35 heavy (non-hydrogen) atoms. The summed E-state index contributed by atoms with van der Waals surface area (Å²) in [6.45, 7) is 2.75. The molecule has 1 aromatic carbocycles. The van der Waals surface area contributed by atoms with E-state index in [9.17, 15) is 36.0 Å². The zero-order valence-corrected chi connectivity index (χ0v) is 18.9. The third-order valence-corrected chi connectivity index (χ3v) is 6.14. The number of nitrogens with zero attached hydrogens (tertiary/aromatic N) is 2. The van der Waals surface area contributed by atoms with Crippen LogP contribution < -0.4 is 4.72 Å². The monoisotopic (exact) mass is 525 g/mol. The molecule has 0 aromatic heterocycles. The third-order valence-electron chi connectivity index (χ3n) is 4.77. The number of rotatable bonds is 8. The number of alkyl halides is 3. The molecule has 0 atom stereocenters. The van der Waals surface area contributed by atoms with Crippen molar-refractivity contribution in [1.82, 2.24) is 9.80 Å². The minimum atomic E-state index is -5.08. The zero-order valence-electron chi connectivity index (χ0n) is 18.1. The lowest BCUT2D eigenvalue weighted by Crippen LogP contribution is -2.37. The van der Waals surface area contributed by atoms with Gasteiger partial charge in [0, 0.05) is 18.8 Å². The topological polar surface area (TPSA) is 171 Å². The quantitative estimate of drug-likeness (QED) is 0.405. The van der Waals surface area contributed by atoms with Gasteiger partial charge >= 0.3 is 18.1 Å². The minimum absolute atomic E-state index is 0.0141. The number of anilines is 1. The number of hydrogen-bond acceptors (Lipinski definition) is 8. The molecule has 0 saturated carbocycles. The van der Waals surface area contributed by atoms with Crippen LogP contribution in [0.1, 0.15) is 27.1 Å². The Hall–Kier alpha value is -3.24. The summed E-state index contributed by atoms with van der Waals surface area (Å²) < 4.78 is 64.0. The van der Waals surface area contributed by atoms with Crippen molar-refractivity contribution < 1.29 is 55.7 Å². The molecule has 1 aromatic rings. The molecule has 2 aliphatic heterocycles. The molecule has 0 spiro atoms. The summed E-state index contributed by atoms with van der Waals surface area (Å²) in [4.78, 5) is 46.8. The normalized spacial score (nSPS) is 16.4. The van der Waals surface area contributed by atoms with Gasteiger partial charge in [-0.2, -0.15) is 13.2 Å². The fourth-order valence-corrected chi connectivity index (χ4v) is 4.26. The molecule has 194 valence electrons. The Balaban J connectivity index is 0.000000540. The van der Waals surface area contributed by atoms with Crippen molar-refractivity contribution in [3.8, 4) is 0 Å². The first-order valence-electron chi connectivity index (χ1n) is 10.0. The molecule has 2 heterocycles. The van der Waals surface area contributed by atoms with Gasteiger partial charge in [0.15, 0.2) is 0 Å². The van der Waals surface area contributed by atoms with Crippen LogP contribution >= 0.6 is 0 Å². The number of fused-ring (bicyclic) bond motifs is 1. The molecule has 2 aliphatic rings. The van der Waals surface area contributed by atoms with E-state index in [2.05, 4.69) is 9.62 Å². The second-order valence-corrected chi connectivity index (χ2v) is 9.22. The van der Waals surface area contributed by atoms with Crippen LogP contribution in [0.5, 0.6) is 0 Å². The predicted octanol–water partition coefficient (Wildman–Crippen LogP) is 0.465. The highest BCUT2D eigenvalue weighted by Gasteiger charge is 2.38. The van der Waals surface area contributed by atoms with Crippen molar-refractivity contribution in [1.29, 1.82) is 0 Å². The summed E-state index contributed by atoms with van der Waals surface area (Å²) in [6.07, 6.45) is -4.63. The molecular weight excluding hydrogens is 503 g/mol. The standard InChI is InChI=1S/C17H21N3O7S.C2HF3O2/c21-15(22)11-20-16(23)13-3-2-12(10-14(13)17(20)24)18-28(25,26)9-1-4-19-5-7-27-8-6-19;3-2(4,5)1(6)7/h2-3,10,18H,1,4-9,11H2,(H,21,22);(H,6,7). The first-order chi connectivity index (χ1) is 16.2. The molecule has 3 rings (SSSR count). The maximum Gasteiger partial charge on any atom is 0.490 e. The second-order valence-electron chi connectivity index (χ2n) is 7.38. The Kier molecular flexibility index (Phi) is 9.17. The SMILES string of the molecule is O=C(O)C(F)(F)F.O=C(O)CN1C(=O)c2ccc(NS(=O)(=O)CCCN3CCOCC3)cc2C1=O. The smallest absolute Gasteiger partial charge is 0.480 e. The van der Waals surface area contributed by atoms with Gasteiger partial charge in [0.25, 0.3) is 11.8 Å². The molecule has 2 amide bonds. The van der Waals surface area contributed by atoms with E-state index in [0.717, 1.165) is 13.1 Å². The van der Waals surface area contributed by atoms with Crippen LogP contribution in [-0.2, 0) is 24.3 Å². The Labute approximate surface area is 197 Å². The largest absolute Gasteiger partial charge is 0.490 e. The summed E-state index contributed by atoms with van der Waals surface area (Å²) in [5.74, 6) is -5.61. The molecule has 12 nitrogen and oxygen atoms in total. The van der Waals surface area contributed by atoms with E-state index in [-0.39, 0.29) is 22.6 Å². The molecule has 3 N–H and O–H groups in total. The first-order valence-corrected chi connectivity index (χ1v) is 11.7. The third kappa shape index (κ3) is 8.18. The Morgan fingerprint density at radius 3 is 2.17 bits per heavy atom. The van der Waals surface area contributed by atoms with Crippen LogP contribution in [0.2, 0.25) is 0 Å². The first kappa shape index (κ1) is 28.0. The number of aliphatic carboxylic acids is 2. The number of carboxylic acids is 2. The van der Waals surface area contributed by atoms with Gasteiger partial charge in [-0.1, -0.05) is 0 Å². The molecule has 0 radical (unpaired) electrons. The molecule has 0 aliphatic carbocycles. The number of nitrogens with one attached hydrogen (secondary N) is 1. The van der Waals surface area contributed by atoms with Crippen molar-refractivity contribution in [2.75, 3.05) is 49.9 Å². The second kappa shape index (κ2) is 11.5. The summed E-state index contributed by atoms with van der Waals surface area (Å²) in [6, 6.07) is 3.97. The van der Waals surface area contributed by atoms with Crippen LogP contribution in [-0.4, -0.2) is 104 Å². The fourth-order valence-electron chi connectivity index (χ4n) is 3.17. The van der Waals surface area contributed by atoms with E-state index in [4.69, 9.17) is 19.7 Å². The number of carbonyl (C=O) groups excluding carboxylic acids is 2. The lowest BCUT2D eigenvalue weighted by molar-refractivity contribution is -0.192. The summed E-state index contributed by atoms with van der Waals surface area (Å²) in [5, 5.41) is 15.9. The Bertz CT molecular complexity index is 1090. The number of carboxylic acid groups (broad SMARTS) is 2. The maximum absolute atomic E-state index is 12.3. The molecule has 1 saturated heterocycles. The molecule has 0 unspecified atom stereocenters. The van der Waals surface area contributed by atoms with Gasteiger partial charge in [-0.05, 0) is 31.2 Å². The number of imide groups is 1. The number of halogens is 3. The maximum atomic E-state index is 12.3. The van der Waals surface area contributed by atoms with Gasteiger partial charge < -0.3 is 14.9 Å². The molecule has 0 bridgehead atoms. The zero-order chi connectivity index (χ0) is 26.4. The van der Waals surface area contributed by atoms with Gasteiger partial charge in [0.2, 0.25) is 10.0 Å². The number of amides is 2. The fraction of sp³-hybridized carbons (Fsp3) is 0.474. The van der Waals surface area contributed by atoms with Crippen molar-refractivity contribution in [3.63, 3.8) is 0 Å². The van der Waals surface area contributed by atoms with Crippen LogP contribution in [0.25, 0.3) is 0 Å². The molecule has 16 heteroatoms. The van der Waals surface area contributed by atoms with Gasteiger partial charge in [-0.15, -0.1) is 0 Å². The Morgan fingerprint density at radius 2 is 1.63 bits per heavy atom. The number of carbonyl (C=O) groups is 4. The van der Waals surface area contributed by atoms with Crippen molar-refractivity contribution >= 4 is 39.5 Å². The van der Waals surface area contributed by atoms with E-state index in [1.165, 1.54) is 18.2 Å². The van der Waals surface area contributed by atoms with E-state index in [1.807, 2.05) is 0 Å². The summed E-state index contributed by atoms with van der Waals surface area (Å²) >= 11 is 0. The van der Waals surface area contributed by atoms with Crippen LogP contribution in [0.3, 0.4) is 0 Å². The van der Waals surface area contributed by atoms with Gasteiger partial charge in [0.05, 0.1) is 30.1 Å². The van der Waals surface area contributed by atoms with Crippen molar-refractivity contribution in [3.05, 3.63) is 29.3 Å². The lowest BCUT2D eigenvalue weighted by atomic mass is 10.1. The highest BCUT2D eigenvalue weighted by Crippen LogP contribution is 2.26. The lowest BCUT2D eigenvalue weighted by Gasteiger charge is -2.26. The van der Waals surface area contributed by atoms with Gasteiger partial charge in [-0.25, -0.2) is 13.2 Å². The average molecular weight is 525 g/mol. The molecule has 1 fully saturated rings. The highest BCUT2D eigenvalue weighted by atomic mass is 32.2. The number of sulfonamides is 1. The number of benzene rings is 1. The highest BCUT2D eigenvalue weighted by molar-refractivity contribution is 7.92. The Morgan fingerprint density at radius 1 is 1.06 bits per heavy atom. The van der Waals surface area contributed by atoms with Crippen molar-refractivity contribution in [2.45, 2.75) is 12.6 Å². The van der Waals surface area contributed by atoms with Crippen LogP contribution in [0.4, 0.5) is 18.9 Å². The van der Waals surface area contributed by atoms with Crippen LogP contribution in [0.15, 0.2) is 18.2 Å².